The Balaban J connectivity index is 6.01. The van der Waals surface area contributed by atoms with Crippen molar-refractivity contribution in [3.8, 4) is 0 Å². The molecule has 0 aromatic heterocycles. The van der Waals surface area contributed by atoms with E-state index >= 15 is 0 Å². The molecule has 0 radical (unpaired) electrons. The lowest BCUT2D eigenvalue weighted by atomic mass is 10.0. The van der Waals surface area contributed by atoms with Gasteiger partial charge in [0.1, 0.15) is 0 Å². The minimum atomic E-state index is -3.00. The maximum Gasteiger partial charge on any atom is 0.499 e. The van der Waals surface area contributed by atoms with Gasteiger partial charge in [-0.1, -0.05) is 20.8 Å². The van der Waals surface area contributed by atoms with Crippen LogP contribution in [0, 0.1) is 0 Å². The fraction of sp³-hybridized carbons (Fsp3) is 1.00. The van der Waals surface area contributed by atoms with Crippen molar-refractivity contribution in [1.82, 2.24) is 14.7 Å². The predicted octanol–water partition coefficient (Wildman–Crippen LogP) is 3.80. The van der Waals surface area contributed by atoms with Crippen molar-refractivity contribution in [2.45, 2.75) is 84.2 Å². The Kier molecular flexibility index (Phi) is 11.5. The fourth-order valence-electron chi connectivity index (χ4n) is 4.06. The summed E-state index contributed by atoms with van der Waals surface area (Å²) in [4.78, 5) is 6.53. The molecule has 0 rings (SSSR count). The molecule has 29 heavy (non-hydrogen) atoms. The first-order valence-electron chi connectivity index (χ1n) is 11.1. The van der Waals surface area contributed by atoms with Crippen LogP contribution >= 0.6 is 0 Å². The van der Waals surface area contributed by atoms with Crippen LogP contribution < -0.4 is 0 Å². The van der Waals surface area contributed by atoms with E-state index in [9.17, 15) is 0 Å². The SMILES string of the molecule is CCC(C)(CN(C)C)O[Si](C)(OC(C)(CC)CN(C)C)OC(C)(CC)CN(C)C. The molecule has 0 aliphatic rings. The largest absolute Gasteiger partial charge is 0.499 e. The van der Waals surface area contributed by atoms with Crippen LogP contribution in [0.4, 0.5) is 0 Å². The van der Waals surface area contributed by atoms with E-state index in [0.29, 0.717) is 0 Å². The van der Waals surface area contributed by atoms with Crippen LogP contribution in [0.3, 0.4) is 0 Å². The standard InChI is InChI=1S/C22H51N3O3Si/c1-14-20(4,17-23(7)8)26-29(13,27-21(5,15-2)18-24(9)10)28-22(6,16-3)19-25(11)12/h14-19H2,1-13H3. The average Bonchev–Trinajstić information content (AvgIpc) is 2.51. The van der Waals surface area contributed by atoms with E-state index in [4.69, 9.17) is 13.3 Å². The highest BCUT2D eigenvalue weighted by Gasteiger charge is 2.50. The Hall–Kier alpha value is -0.0231. The predicted molar refractivity (Wildman–Crippen MR) is 127 cm³/mol. The third kappa shape index (κ3) is 10.7. The molecule has 0 fully saturated rings. The van der Waals surface area contributed by atoms with Crippen molar-refractivity contribution < 1.29 is 13.3 Å². The van der Waals surface area contributed by atoms with Crippen molar-refractivity contribution in [3.05, 3.63) is 0 Å². The molecule has 0 bridgehead atoms. The van der Waals surface area contributed by atoms with Gasteiger partial charge in [-0.05, 0) is 82.3 Å². The lowest BCUT2D eigenvalue weighted by Gasteiger charge is -2.47. The van der Waals surface area contributed by atoms with E-state index in [1.54, 1.807) is 0 Å². The van der Waals surface area contributed by atoms with Gasteiger partial charge in [-0.2, -0.15) is 0 Å². The summed E-state index contributed by atoms with van der Waals surface area (Å²) in [6, 6.07) is 0. The van der Waals surface area contributed by atoms with Crippen molar-refractivity contribution in [1.29, 1.82) is 0 Å². The van der Waals surface area contributed by atoms with Gasteiger partial charge >= 0.3 is 8.80 Å². The Morgan fingerprint density at radius 1 is 0.552 bits per heavy atom. The van der Waals surface area contributed by atoms with Gasteiger partial charge in [-0.3, -0.25) is 0 Å². The molecular formula is C22H51N3O3Si. The second-order valence-electron chi connectivity index (χ2n) is 10.3. The van der Waals surface area contributed by atoms with E-state index in [0.717, 1.165) is 38.9 Å². The fourth-order valence-corrected chi connectivity index (χ4v) is 7.50. The Labute approximate surface area is 183 Å². The normalized spacial score (nSPS) is 21.1. The molecular weight excluding hydrogens is 382 g/mol. The number of likely N-dealkylation sites (N-methyl/N-ethyl adjacent to an activating group) is 3. The zero-order chi connectivity index (χ0) is 23.1. The van der Waals surface area contributed by atoms with Gasteiger partial charge in [0.15, 0.2) is 0 Å². The van der Waals surface area contributed by atoms with Crippen molar-refractivity contribution in [3.63, 3.8) is 0 Å². The van der Waals surface area contributed by atoms with Gasteiger partial charge in [-0.15, -0.1) is 0 Å². The van der Waals surface area contributed by atoms with Crippen molar-refractivity contribution in [2.75, 3.05) is 61.9 Å². The lowest BCUT2D eigenvalue weighted by Crippen LogP contribution is -2.61. The maximum atomic E-state index is 6.86. The molecule has 7 heteroatoms. The molecule has 3 atom stereocenters. The van der Waals surface area contributed by atoms with Gasteiger partial charge in [-0.25, -0.2) is 0 Å². The summed E-state index contributed by atoms with van der Waals surface area (Å²) in [6.45, 7) is 17.6. The Bertz CT molecular complexity index is 414. The molecule has 0 amide bonds. The highest BCUT2D eigenvalue weighted by molar-refractivity contribution is 6.59. The zero-order valence-electron chi connectivity index (χ0n) is 21.8. The van der Waals surface area contributed by atoms with Gasteiger partial charge in [0, 0.05) is 26.2 Å². The first kappa shape index (κ1) is 29.0. The van der Waals surface area contributed by atoms with Crippen LogP contribution in [0.5, 0.6) is 0 Å². The van der Waals surface area contributed by atoms with E-state index in [1.165, 1.54) is 0 Å². The molecule has 0 saturated heterocycles. The molecule has 0 N–H and O–H groups in total. The number of hydrogen-bond acceptors (Lipinski definition) is 6. The molecule has 0 spiro atoms. The van der Waals surface area contributed by atoms with E-state index in [2.05, 4.69) is 105 Å². The topological polar surface area (TPSA) is 37.4 Å². The van der Waals surface area contributed by atoms with Gasteiger partial charge < -0.3 is 28.0 Å². The van der Waals surface area contributed by atoms with E-state index in [1.807, 2.05) is 0 Å². The molecule has 0 heterocycles. The Morgan fingerprint density at radius 3 is 0.897 bits per heavy atom. The highest BCUT2D eigenvalue weighted by Crippen LogP contribution is 2.33. The van der Waals surface area contributed by atoms with Crippen LogP contribution in [0.25, 0.3) is 0 Å². The van der Waals surface area contributed by atoms with Crippen molar-refractivity contribution in [2.24, 2.45) is 0 Å². The Morgan fingerprint density at radius 2 is 0.759 bits per heavy atom. The summed E-state index contributed by atoms with van der Waals surface area (Å²) in [7, 11) is 9.51. The zero-order valence-corrected chi connectivity index (χ0v) is 22.8. The molecule has 0 aliphatic heterocycles. The minimum Gasteiger partial charge on any atom is -0.367 e. The summed E-state index contributed by atoms with van der Waals surface area (Å²) >= 11 is 0. The minimum absolute atomic E-state index is 0.329. The second kappa shape index (κ2) is 11.6. The lowest BCUT2D eigenvalue weighted by molar-refractivity contribution is -0.110. The average molecular weight is 434 g/mol. The molecule has 0 aromatic rings. The monoisotopic (exact) mass is 433 g/mol. The summed E-state index contributed by atoms with van der Waals surface area (Å²) < 4.78 is 20.6. The van der Waals surface area contributed by atoms with E-state index < -0.39 is 8.80 Å². The summed E-state index contributed by atoms with van der Waals surface area (Å²) in [5.41, 5.74) is -0.988. The molecule has 0 saturated carbocycles. The highest BCUT2D eigenvalue weighted by atomic mass is 28.4. The molecule has 3 unspecified atom stereocenters. The maximum absolute atomic E-state index is 6.86. The van der Waals surface area contributed by atoms with Crippen LogP contribution in [0.2, 0.25) is 6.55 Å². The van der Waals surface area contributed by atoms with Gasteiger partial charge in [0.2, 0.25) is 0 Å². The summed E-state index contributed by atoms with van der Waals surface area (Å²) in [5.74, 6) is 0. The third-order valence-electron chi connectivity index (χ3n) is 5.49. The summed E-state index contributed by atoms with van der Waals surface area (Å²) in [6.07, 6.45) is 2.69. The first-order valence-corrected chi connectivity index (χ1v) is 13.3. The first-order chi connectivity index (χ1) is 13.1. The van der Waals surface area contributed by atoms with E-state index in [-0.39, 0.29) is 16.8 Å². The molecule has 0 aliphatic carbocycles. The third-order valence-corrected chi connectivity index (χ3v) is 8.08. The molecule has 0 aromatic carbocycles. The number of hydrogen-bond donors (Lipinski definition) is 0. The van der Waals surface area contributed by atoms with Crippen LogP contribution in [0.1, 0.15) is 60.8 Å². The number of nitrogens with zero attached hydrogens (tertiary/aromatic N) is 3. The van der Waals surface area contributed by atoms with Crippen LogP contribution in [-0.2, 0) is 13.3 Å². The van der Waals surface area contributed by atoms with Gasteiger partial charge in [0.25, 0.3) is 0 Å². The number of rotatable bonds is 15. The van der Waals surface area contributed by atoms with Crippen molar-refractivity contribution >= 4 is 8.80 Å². The molecule has 6 nitrogen and oxygen atoms in total. The van der Waals surface area contributed by atoms with Gasteiger partial charge in [0.05, 0.1) is 16.8 Å². The smallest absolute Gasteiger partial charge is 0.367 e. The van der Waals surface area contributed by atoms with Crippen LogP contribution in [-0.4, -0.2) is 102 Å². The summed E-state index contributed by atoms with van der Waals surface area (Å²) in [5, 5.41) is 0. The molecule has 176 valence electrons. The quantitative estimate of drug-likeness (QED) is 0.366. The van der Waals surface area contributed by atoms with Crippen LogP contribution in [0.15, 0.2) is 0 Å². The second-order valence-corrected chi connectivity index (χ2v) is 12.6.